The zero-order chi connectivity index (χ0) is 20.9. The van der Waals surface area contributed by atoms with Crippen LogP contribution in [-0.4, -0.2) is 34.1 Å². The highest BCUT2D eigenvalue weighted by atomic mass is 16.5. The second-order valence-electron chi connectivity index (χ2n) is 7.08. The predicted octanol–water partition coefficient (Wildman–Crippen LogP) is 4.63. The van der Waals surface area contributed by atoms with Crippen molar-refractivity contribution in [3.8, 4) is 17.1 Å². The average molecular weight is 401 g/mol. The van der Waals surface area contributed by atoms with Crippen LogP contribution < -0.4 is 4.74 Å². The summed E-state index contributed by atoms with van der Waals surface area (Å²) in [4.78, 5) is 18.7. The van der Waals surface area contributed by atoms with Crippen LogP contribution >= 0.6 is 0 Å². The van der Waals surface area contributed by atoms with Gasteiger partial charge in [-0.05, 0) is 36.8 Å². The van der Waals surface area contributed by atoms with E-state index in [-0.39, 0.29) is 19.1 Å². The van der Waals surface area contributed by atoms with E-state index in [1.54, 1.807) is 4.90 Å². The van der Waals surface area contributed by atoms with Gasteiger partial charge in [-0.1, -0.05) is 65.3 Å². The van der Waals surface area contributed by atoms with Gasteiger partial charge in [0.25, 0.3) is 5.91 Å². The van der Waals surface area contributed by atoms with Crippen LogP contribution in [-0.2, 0) is 11.3 Å². The first-order valence-corrected chi connectivity index (χ1v) is 9.91. The third-order valence-corrected chi connectivity index (χ3v) is 4.92. The lowest BCUT2D eigenvalue weighted by atomic mass is 10.1. The minimum Gasteiger partial charge on any atom is -0.484 e. The first-order valence-electron chi connectivity index (χ1n) is 9.91. The van der Waals surface area contributed by atoms with E-state index in [9.17, 15) is 4.79 Å². The maximum atomic E-state index is 12.6. The Kier molecular flexibility index (Phi) is 5.75. The molecule has 152 valence electrons. The second kappa shape index (κ2) is 8.78. The van der Waals surface area contributed by atoms with E-state index in [0.717, 1.165) is 21.9 Å². The van der Waals surface area contributed by atoms with Crippen LogP contribution in [0.3, 0.4) is 0 Å². The molecule has 0 unspecified atom stereocenters. The van der Waals surface area contributed by atoms with E-state index in [2.05, 4.69) is 10.1 Å². The van der Waals surface area contributed by atoms with Crippen molar-refractivity contribution in [1.29, 1.82) is 0 Å². The van der Waals surface area contributed by atoms with Crippen LogP contribution in [0.2, 0.25) is 0 Å². The van der Waals surface area contributed by atoms with Crippen molar-refractivity contribution in [3.63, 3.8) is 0 Å². The molecule has 0 saturated carbocycles. The Bertz CT molecular complexity index is 1150. The molecule has 1 heterocycles. The van der Waals surface area contributed by atoms with Crippen molar-refractivity contribution >= 4 is 16.7 Å². The van der Waals surface area contributed by atoms with E-state index >= 15 is 0 Å². The van der Waals surface area contributed by atoms with Gasteiger partial charge in [0.05, 0.1) is 0 Å². The fraction of sp³-hybridized carbons (Fsp3) is 0.208. The van der Waals surface area contributed by atoms with Gasteiger partial charge in [0.2, 0.25) is 11.7 Å². The van der Waals surface area contributed by atoms with Crippen molar-refractivity contribution in [2.24, 2.45) is 0 Å². The van der Waals surface area contributed by atoms with Gasteiger partial charge in [0, 0.05) is 12.1 Å². The standard InChI is InChI=1S/C24H23N3O3/c1-3-27(15-22-25-24(26-30-22)19-10-8-17(2)9-11-19)23(28)16-29-21-13-12-18-6-4-5-7-20(18)14-21/h4-14H,3,15-16H2,1-2H3. The molecule has 4 aromatic rings. The Labute approximate surface area is 175 Å². The first-order chi connectivity index (χ1) is 14.6. The summed E-state index contributed by atoms with van der Waals surface area (Å²) in [6.45, 7) is 4.64. The lowest BCUT2D eigenvalue weighted by Gasteiger charge is -2.19. The Hall–Kier alpha value is -3.67. The summed E-state index contributed by atoms with van der Waals surface area (Å²) >= 11 is 0. The highest BCUT2D eigenvalue weighted by molar-refractivity contribution is 5.84. The van der Waals surface area contributed by atoms with Crippen LogP contribution in [0.4, 0.5) is 0 Å². The Morgan fingerprint density at radius 2 is 1.80 bits per heavy atom. The predicted molar refractivity (Wildman–Crippen MR) is 115 cm³/mol. The summed E-state index contributed by atoms with van der Waals surface area (Å²) in [6.07, 6.45) is 0. The van der Waals surface area contributed by atoms with E-state index in [0.29, 0.717) is 24.0 Å². The summed E-state index contributed by atoms with van der Waals surface area (Å²) in [6, 6.07) is 21.7. The zero-order valence-corrected chi connectivity index (χ0v) is 17.0. The number of aromatic nitrogens is 2. The number of carbonyl (C=O) groups is 1. The van der Waals surface area contributed by atoms with Gasteiger partial charge in [-0.15, -0.1) is 0 Å². The lowest BCUT2D eigenvalue weighted by molar-refractivity contribution is -0.134. The van der Waals surface area contributed by atoms with Crippen LogP contribution in [0, 0.1) is 6.92 Å². The number of rotatable bonds is 7. The molecule has 0 spiro atoms. The molecule has 0 N–H and O–H groups in total. The molecular formula is C24H23N3O3. The van der Waals surface area contributed by atoms with Gasteiger partial charge in [0.1, 0.15) is 12.3 Å². The number of benzene rings is 3. The number of ether oxygens (including phenoxy) is 1. The number of hydrogen-bond acceptors (Lipinski definition) is 5. The van der Waals surface area contributed by atoms with E-state index < -0.39 is 0 Å². The third-order valence-electron chi connectivity index (χ3n) is 4.92. The van der Waals surface area contributed by atoms with Crippen LogP contribution in [0.15, 0.2) is 71.3 Å². The van der Waals surface area contributed by atoms with E-state index in [1.807, 2.05) is 80.6 Å². The van der Waals surface area contributed by atoms with Crippen molar-refractivity contribution in [3.05, 3.63) is 78.2 Å². The molecule has 1 aromatic heterocycles. The molecule has 6 heteroatoms. The monoisotopic (exact) mass is 401 g/mol. The smallest absolute Gasteiger partial charge is 0.260 e. The first kappa shape index (κ1) is 19.6. The van der Waals surface area contributed by atoms with Gasteiger partial charge < -0.3 is 14.2 Å². The summed E-state index contributed by atoms with van der Waals surface area (Å²) in [5.74, 6) is 1.44. The molecule has 4 rings (SSSR count). The third kappa shape index (κ3) is 4.49. The maximum absolute atomic E-state index is 12.6. The molecule has 0 saturated heterocycles. The molecule has 0 atom stereocenters. The quantitative estimate of drug-likeness (QED) is 0.452. The van der Waals surface area contributed by atoms with Crippen molar-refractivity contribution in [1.82, 2.24) is 15.0 Å². The SMILES string of the molecule is CCN(Cc1nc(-c2ccc(C)cc2)no1)C(=O)COc1ccc2ccccc2c1. The van der Waals surface area contributed by atoms with E-state index in [1.165, 1.54) is 0 Å². The molecule has 0 aliphatic rings. The Balaban J connectivity index is 1.38. The van der Waals surface area contributed by atoms with Crippen LogP contribution in [0.25, 0.3) is 22.2 Å². The summed E-state index contributed by atoms with van der Waals surface area (Å²) in [7, 11) is 0. The summed E-state index contributed by atoms with van der Waals surface area (Å²) < 4.78 is 11.1. The molecule has 0 bridgehead atoms. The molecule has 1 amide bonds. The number of likely N-dealkylation sites (N-methyl/N-ethyl adjacent to an activating group) is 1. The van der Waals surface area contributed by atoms with Crippen LogP contribution in [0.1, 0.15) is 18.4 Å². The Morgan fingerprint density at radius 3 is 2.57 bits per heavy atom. The molecule has 3 aromatic carbocycles. The van der Waals surface area contributed by atoms with Gasteiger partial charge >= 0.3 is 0 Å². The van der Waals surface area contributed by atoms with E-state index in [4.69, 9.17) is 9.26 Å². The molecular weight excluding hydrogens is 378 g/mol. The highest BCUT2D eigenvalue weighted by Crippen LogP contribution is 2.21. The highest BCUT2D eigenvalue weighted by Gasteiger charge is 2.17. The number of aryl methyl sites for hydroxylation is 1. The molecule has 6 nitrogen and oxygen atoms in total. The largest absolute Gasteiger partial charge is 0.484 e. The second-order valence-corrected chi connectivity index (χ2v) is 7.08. The number of hydrogen-bond donors (Lipinski definition) is 0. The Morgan fingerprint density at radius 1 is 1.03 bits per heavy atom. The lowest BCUT2D eigenvalue weighted by Crippen LogP contribution is -2.34. The van der Waals surface area contributed by atoms with Crippen molar-refractivity contribution in [2.45, 2.75) is 20.4 Å². The zero-order valence-electron chi connectivity index (χ0n) is 17.0. The molecule has 30 heavy (non-hydrogen) atoms. The van der Waals surface area contributed by atoms with Crippen molar-refractivity contribution < 1.29 is 14.1 Å². The molecule has 0 fully saturated rings. The summed E-state index contributed by atoms with van der Waals surface area (Å²) in [5.41, 5.74) is 2.04. The fourth-order valence-electron chi connectivity index (χ4n) is 3.17. The van der Waals surface area contributed by atoms with Gasteiger partial charge in [-0.25, -0.2) is 0 Å². The van der Waals surface area contributed by atoms with Crippen molar-refractivity contribution in [2.75, 3.05) is 13.2 Å². The maximum Gasteiger partial charge on any atom is 0.260 e. The molecule has 0 aliphatic carbocycles. The molecule has 0 radical (unpaired) electrons. The minimum atomic E-state index is -0.138. The number of amides is 1. The van der Waals surface area contributed by atoms with Gasteiger partial charge in [0.15, 0.2) is 6.61 Å². The topological polar surface area (TPSA) is 68.5 Å². The number of fused-ring (bicyclic) bond motifs is 1. The minimum absolute atomic E-state index is 0.0505. The number of nitrogens with zero attached hydrogens (tertiary/aromatic N) is 3. The van der Waals surface area contributed by atoms with Crippen LogP contribution in [0.5, 0.6) is 5.75 Å². The molecule has 0 aliphatic heterocycles. The average Bonchev–Trinajstić information content (AvgIpc) is 3.24. The van der Waals surface area contributed by atoms with Gasteiger partial charge in [-0.2, -0.15) is 4.98 Å². The summed E-state index contributed by atoms with van der Waals surface area (Å²) in [5, 5.41) is 6.24. The normalized spacial score (nSPS) is 10.9. The fourth-order valence-corrected chi connectivity index (χ4v) is 3.17. The van der Waals surface area contributed by atoms with Gasteiger partial charge in [-0.3, -0.25) is 4.79 Å². The number of carbonyl (C=O) groups excluding carboxylic acids is 1.